The SMILES string of the molecule is O=S([O-])Nc1ccc(N=Nc2ccc(O)cc2)cc1. The Balaban J connectivity index is 2.06. The molecule has 19 heavy (non-hydrogen) atoms. The van der Waals surface area contributed by atoms with Gasteiger partial charge in [0.2, 0.25) is 0 Å². The molecule has 0 heterocycles. The number of hydrogen-bond acceptors (Lipinski definition) is 5. The lowest BCUT2D eigenvalue weighted by molar-refractivity contribution is 0.475. The van der Waals surface area contributed by atoms with Crippen LogP contribution in [0.4, 0.5) is 17.1 Å². The van der Waals surface area contributed by atoms with E-state index >= 15 is 0 Å². The summed E-state index contributed by atoms with van der Waals surface area (Å²) >= 11 is -2.34. The smallest absolute Gasteiger partial charge is 0.115 e. The molecule has 6 nitrogen and oxygen atoms in total. The van der Waals surface area contributed by atoms with Crippen molar-refractivity contribution in [1.29, 1.82) is 0 Å². The summed E-state index contributed by atoms with van der Waals surface area (Å²) in [5.41, 5.74) is 1.66. The topological polar surface area (TPSA) is 97.1 Å². The molecule has 2 aromatic rings. The summed E-state index contributed by atoms with van der Waals surface area (Å²) in [5, 5.41) is 17.1. The van der Waals surface area contributed by atoms with Crippen molar-refractivity contribution in [3.63, 3.8) is 0 Å². The van der Waals surface area contributed by atoms with Crippen molar-refractivity contribution in [2.75, 3.05) is 4.72 Å². The molecule has 0 saturated heterocycles. The maximum Gasteiger partial charge on any atom is 0.115 e. The summed E-state index contributed by atoms with van der Waals surface area (Å²) in [4.78, 5) is 0. The fourth-order valence-electron chi connectivity index (χ4n) is 1.33. The summed E-state index contributed by atoms with van der Waals surface area (Å²) in [7, 11) is 0. The van der Waals surface area contributed by atoms with E-state index in [4.69, 9.17) is 5.11 Å². The van der Waals surface area contributed by atoms with Gasteiger partial charge < -0.3 is 14.4 Å². The maximum absolute atomic E-state index is 10.4. The highest BCUT2D eigenvalue weighted by atomic mass is 32.2. The van der Waals surface area contributed by atoms with Crippen LogP contribution in [0.5, 0.6) is 5.75 Å². The van der Waals surface area contributed by atoms with Gasteiger partial charge in [0.05, 0.1) is 11.4 Å². The summed E-state index contributed by atoms with van der Waals surface area (Å²) < 4.78 is 23.1. The van der Waals surface area contributed by atoms with E-state index in [-0.39, 0.29) is 5.75 Å². The van der Waals surface area contributed by atoms with Gasteiger partial charge in [-0.25, -0.2) is 0 Å². The molecular formula is C12H10N3O3S-. The Hall–Kier alpha value is -2.25. The molecular weight excluding hydrogens is 266 g/mol. The molecule has 0 spiro atoms. The van der Waals surface area contributed by atoms with Crippen LogP contribution in [-0.2, 0) is 11.3 Å². The van der Waals surface area contributed by atoms with Gasteiger partial charge in [-0.2, -0.15) is 10.2 Å². The Bertz CT molecular complexity index is 597. The van der Waals surface area contributed by atoms with Crippen LogP contribution in [0.25, 0.3) is 0 Å². The molecule has 0 aliphatic carbocycles. The molecule has 1 atom stereocenters. The number of nitrogens with one attached hydrogen (secondary N) is 1. The highest BCUT2D eigenvalue weighted by Gasteiger charge is 1.94. The predicted octanol–water partition coefficient (Wildman–Crippen LogP) is 3.01. The van der Waals surface area contributed by atoms with Crippen molar-refractivity contribution >= 4 is 28.3 Å². The van der Waals surface area contributed by atoms with Crippen LogP contribution in [0.15, 0.2) is 58.8 Å². The van der Waals surface area contributed by atoms with Gasteiger partial charge in [0.25, 0.3) is 0 Å². The summed E-state index contributed by atoms with van der Waals surface area (Å²) in [6, 6.07) is 12.8. The largest absolute Gasteiger partial charge is 0.755 e. The van der Waals surface area contributed by atoms with Crippen LogP contribution in [-0.4, -0.2) is 13.9 Å². The molecule has 98 valence electrons. The standard InChI is InChI=1S/C12H11N3O3S/c16-12-7-5-10(6-8-12)14-13-9-1-3-11(4-2-9)15-19(17)18/h1-8,15-16H,(H,17,18)/p-1. The molecule has 2 N–H and O–H groups in total. The van der Waals surface area contributed by atoms with Crippen LogP contribution in [0.1, 0.15) is 0 Å². The van der Waals surface area contributed by atoms with Gasteiger partial charge in [-0.15, -0.1) is 0 Å². The van der Waals surface area contributed by atoms with Crippen LogP contribution in [0, 0.1) is 0 Å². The molecule has 0 aromatic heterocycles. The van der Waals surface area contributed by atoms with Crippen molar-refractivity contribution in [2.45, 2.75) is 0 Å². The van der Waals surface area contributed by atoms with Gasteiger partial charge in [-0.3, -0.25) is 4.21 Å². The van der Waals surface area contributed by atoms with Gasteiger partial charge in [0.15, 0.2) is 0 Å². The Morgan fingerprint density at radius 2 is 1.42 bits per heavy atom. The molecule has 0 fully saturated rings. The van der Waals surface area contributed by atoms with E-state index in [1.165, 1.54) is 12.1 Å². The van der Waals surface area contributed by atoms with Crippen molar-refractivity contribution in [1.82, 2.24) is 0 Å². The van der Waals surface area contributed by atoms with E-state index < -0.39 is 11.3 Å². The first-order valence-electron chi connectivity index (χ1n) is 5.30. The van der Waals surface area contributed by atoms with Crippen LogP contribution >= 0.6 is 0 Å². The van der Waals surface area contributed by atoms with E-state index in [2.05, 4.69) is 15.0 Å². The lowest BCUT2D eigenvalue weighted by atomic mass is 10.3. The summed E-state index contributed by atoms with van der Waals surface area (Å²) in [6.45, 7) is 0. The van der Waals surface area contributed by atoms with E-state index in [0.717, 1.165) is 0 Å². The third-order valence-electron chi connectivity index (χ3n) is 2.20. The number of azo groups is 1. The van der Waals surface area contributed by atoms with Crippen LogP contribution < -0.4 is 4.72 Å². The van der Waals surface area contributed by atoms with E-state index in [9.17, 15) is 8.76 Å². The van der Waals surface area contributed by atoms with E-state index in [0.29, 0.717) is 17.1 Å². The Morgan fingerprint density at radius 1 is 0.947 bits per heavy atom. The predicted molar refractivity (Wildman–Crippen MR) is 71.3 cm³/mol. The molecule has 2 rings (SSSR count). The number of phenolic OH excluding ortho intramolecular Hbond substituents is 1. The summed E-state index contributed by atoms with van der Waals surface area (Å²) in [6.07, 6.45) is 0. The minimum Gasteiger partial charge on any atom is -0.755 e. The molecule has 2 aromatic carbocycles. The van der Waals surface area contributed by atoms with Gasteiger partial charge in [-0.1, -0.05) is 0 Å². The number of hydrogen-bond donors (Lipinski definition) is 2. The molecule has 0 bridgehead atoms. The van der Waals surface area contributed by atoms with Crippen molar-refractivity contribution in [3.8, 4) is 5.75 Å². The fraction of sp³-hybridized carbons (Fsp3) is 0. The van der Waals surface area contributed by atoms with Crippen molar-refractivity contribution < 1.29 is 13.9 Å². The Labute approximate surface area is 112 Å². The zero-order chi connectivity index (χ0) is 13.7. The monoisotopic (exact) mass is 276 g/mol. The molecule has 0 amide bonds. The van der Waals surface area contributed by atoms with Gasteiger partial charge >= 0.3 is 0 Å². The first-order valence-corrected chi connectivity index (χ1v) is 6.38. The Morgan fingerprint density at radius 3 is 1.89 bits per heavy atom. The first-order chi connectivity index (χ1) is 9.13. The number of aromatic hydroxyl groups is 1. The molecule has 0 aliphatic heterocycles. The Kier molecular flexibility index (Phi) is 4.22. The minimum atomic E-state index is -2.34. The van der Waals surface area contributed by atoms with Gasteiger partial charge in [-0.05, 0) is 48.5 Å². The quantitative estimate of drug-likeness (QED) is 0.663. The third-order valence-corrected chi connectivity index (χ3v) is 2.60. The number of phenols is 1. The van der Waals surface area contributed by atoms with E-state index in [1.54, 1.807) is 36.4 Å². The van der Waals surface area contributed by atoms with Crippen molar-refractivity contribution in [2.24, 2.45) is 10.2 Å². The molecule has 0 radical (unpaired) electrons. The zero-order valence-corrected chi connectivity index (χ0v) is 10.5. The second kappa shape index (κ2) is 6.07. The van der Waals surface area contributed by atoms with Crippen molar-refractivity contribution in [3.05, 3.63) is 48.5 Å². The van der Waals surface area contributed by atoms with E-state index in [1.807, 2.05) is 0 Å². The first kappa shape index (κ1) is 13.2. The third kappa shape index (κ3) is 4.16. The molecule has 0 saturated carbocycles. The molecule has 7 heteroatoms. The molecule has 1 unspecified atom stereocenters. The average Bonchev–Trinajstić information content (AvgIpc) is 2.39. The molecule has 0 aliphatic rings. The maximum atomic E-state index is 10.4. The second-order valence-corrected chi connectivity index (χ2v) is 4.27. The number of nitrogens with zero attached hydrogens (tertiary/aromatic N) is 2. The fourth-order valence-corrected chi connectivity index (χ4v) is 1.66. The van der Waals surface area contributed by atoms with Crippen LogP contribution in [0.2, 0.25) is 0 Å². The van der Waals surface area contributed by atoms with Crippen LogP contribution in [0.3, 0.4) is 0 Å². The number of anilines is 1. The number of rotatable bonds is 4. The second-order valence-electron chi connectivity index (χ2n) is 3.60. The highest BCUT2D eigenvalue weighted by Crippen LogP contribution is 2.21. The van der Waals surface area contributed by atoms with Gasteiger partial charge in [0, 0.05) is 17.0 Å². The van der Waals surface area contributed by atoms with Gasteiger partial charge in [0.1, 0.15) is 5.75 Å². The summed E-state index contributed by atoms with van der Waals surface area (Å²) in [5.74, 6) is 0.167. The normalized spacial score (nSPS) is 12.5. The average molecular weight is 276 g/mol. The zero-order valence-electron chi connectivity index (χ0n) is 9.69. The minimum absolute atomic E-state index is 0.167. The number of benzene rings is 2. The lowest BCUT2D eigenvalue weighted by Crippen LogP contribution is -2.01. The lowest BCUT2D eigenvalue weighted by Gasteiger charge is -2.07. The highest BCUT2D eigenvalue weighted by molar-refractivity contribution is 7.80.